The molecule has 0 amide bonds. The zero-order valence-electron chi connectivity index (χ0n) is 8.93. The van der Waals surface area contributed by atoms with E-state index in [9.17, 15) is 13.6 Å². The van der Waals surface area contributed by atoms with Crippen LogP contribution in [-0.4, -0.2) is 16.1 Å². The number of aromatic carboxylic acids is 1. The van der Waals surface area contributed by atoms with Crippen LogP contribution in [-0.2, 0) is 0 Å². The van der Waals surface area contributed by atoms with Crippen molar-refractivity contribution in [2.24, 2.45) is 0 Å². The second-order valence-corrected chi connectivity index (χ2v) is 4.27. The summed E-state index contributed by atoms with van der Waals surface area (Å²) in [6, 6.07) is 3.50. The van der Waals surface area contributed by atoms with E-state index in [1.807, 2.05) is 0 Å². The Balaban J connectivity index is 2.19. The highest BCUT2D eigenvalue weighted by atomic mass is 32.1. The molecule has 0 spiro atoms. The van der Waals surface area contributed by atoms with Crippen molar-refractivity contribution in [3.05, 3.63) is 51.5 Å². The summed E-state index contributed by atoms with van der Waals surface area (Å²) in [6.07, 6.45) is 3.08. The number of halogens is 2. The number of carbonyl (C=O) groups is 1. The molecule has 0 unspecified atom stereocenters. The number of aromatic nitrogens is 1. The van der Waals surface area contributed by atoms with Crippen molar-refractivity contribution >= 4 is 29.5 Å². The molecular formula is C12H7F2NO2S. The first-order valence-corrected chi connectivity index (χ1v) is 5.76. The van der Waals surface area contributed by atoms with E-state index in [4.69, 9.17) is 5.11 Å². The second kappa shape index (κ2) is 5.05. The van der Waals surface area contributed by atoms with Crippen LogP contribution in [0.15, 0.2) is 23.6 Å². The maximum Gasteiger partial charge on any atom is 0.355 e. The molecule has 1 aromatic heterocycles. The van der Waals surface area contributed by atoms with E-state index >= 15 is 0 Å². The van der Waals surface area contributed by atoms with Gasteiger partial charge in [0, 0.05) is 5.38 Å². The molecule has 0 atom stereocenters. The van der Waals surface area contributed by atoms with Crippen LogP contribution in [0.2, 0.25) is 0 Å². The highest BCUT2D eigenvalue weighted by molar-refractivity contribution is 7.10. The predicted octanol–water partition coefficient (Wildman–Crippen LogP) is 3.29. The molecular weight excluding hydrogens is 260 g/mol. The lowest BCUT2D eigenvalue weighted by molar-refractivity contribution is 0.0691. The van der Waals surface area contributed by atoms with E-state index in [0.717, 1.165) is 23.5 Å². The molecule has 0 radical (unpaired) electrons. The van der Waals surface area contributed by atoms with Crippen molar-refractivity contribution in [1.82, 2.24) is 4.98 Å². The van der Waals surface area contributed by atoms with Gasteiger partial charge in [-0.05, 0) is 23.8 Å². The minimum absolute atomic E-state index is 0.0371. The molecule has 92 valence electrons. The SMILES string of the molecule is O=C(O)c1csc(/C=C\c2ccc(F)c(F)c2)n1. The normalized spacial score (nSPS) is 11.0. The van der Waals surface area contributed by atoms with Gasteiger partial charge in [-0.15, -0.1) is 11.3 Å². The van der Waals surface area contributed by atoms with Gasteiger partial charge in [0.25, 0.3) is 0 Å². The standard InChI is InChI=1S/C12H7F2NO2S/c13-8-3-1-7(5-9(8)14)2-4-11-15-10(6-18-11)12(16)17/h1-6H,(H,16,17)/b4-2-. The van der Waals surface area contributed by atoms with Crippen molar-refractivity contribution in [1.29, 1.82) is 0 Å². The molecule has 2 rings (SSSR count). The number of hydrogen-bond acceptors (Lipinski definition) is 3. The van der Waals surface area contributed by atoms with Crippen LogP contribution >= 0.6 is 11.3 Å². The van der Waals surface area contributed by atoms with E-state index in [2.05, 4.69) is 4.98 Å². The smallest absolute Gasteiger partial charge is 0.355 e. The van der Waals surface area contributed by atoms with Crippen molar-refractivity contribution in [2.75, 3.05) is 0 Å². The monoisotopic (exact) mass is 267 g/mol. The number of nitrogens with zero attached hydrogens (tertiary/aromatic N) is 1. The Hall–Kier alpha value is -2.08. The number of rotatable bonds is 3. The van der Waals surface area contributed by atoms with E-state index in [0.29, 0.717) is 10.6 Å². The fourth-order valence-electron chi connectivity index (χ4n) is 1.25. The summed E-state index contributed by atoms with van der Waals surface area (Å²) >= 11 is 1.16. The molecule has 1 N–H and O–H groups in total. The molecule has 0 aliphatic carbocycles. The molecule has 1 aromatic carbocycles. The maximum absolute atomic E-state index is 12.9. The lowest BCUT2D eigenvalue weighted by Crippen LogP contribution is -1.95. The van der Waals surface area contributed by atoms with Gasteiger partial charge in [0.15, 0.2) is 17.3 Å². The molecule has 3 nitrogen and oxygen atoms in total. The van der Waals surface area contributed by atoms with Crippen molar-refractivity contribution in [3.8, 4) is 0 Å². The van der Waals surface area contributed by atoms with Gasteiger partial charge < -0.3 is 5.11 Å². The topological polar surface area (TPSA) is 50.2 Å². The van der Waals surface area contributed by atoms with Gasteiger partial charge in [0.1, 0.15) is 5.01 Å². The highest BCUT2D eigenvalue weighted by Crippen LogP contribution is 2.15. The minimum atomic E-state index is -1.10. The van der Waals surface area contributed by atoms with Crippen molar-refractivity contribution in [2.45, 2.75) is 0 Å². The van der Waals surface area contributed by atoms with Gasteiger partial charge in [-0.2, -0.15) is 0 Å². The van der Waals surface area contributed by atoms with Crippen LogP contribution < -0.4 is 0 Å². The third-order valence-corrected chi connectivity index (χ3v) is 2.91. The molecule has 0 fully saturated rings. The van der Waals surface area contributed by atoms with Crippen LogP contribution in [0.25, 0.3) is 12.2 Å². The third-order valence-electron chi connectivity index (χ3n) is 2.10. The molecule has 18 heavy (non-hydrogen) atoms. The Morgan fingerprint density at radius 3 is 2.67 bits per heavy atom. The van der Waals surface area contributed by atoms with E-state index in [1.165, 1.54) is 17.5 Å². The largest absolute Gasteiger partial charge is 0.476 e. The van der Waals surface area contributed by atoms with Gasteiger partial charge in [0.05, 0.1) is 0 Å². The average Bonchev–Trinajstić information content (AvgIpc) is 2.79. The van der Waals surface area contributed by atoms with Gasteiger partial charge in [0.2, 0.25) is 0 Å². The summed E-state index contributed by atoms with van der Waals surface area (Å²) in [6.45, 7) is 0. The lowest BCUT2D eigenvalue weighted by Gasteiger charge is -1.94. The van der Waals surface area contributed by atoms with Crippen LogP contribution in [0.3, 0.4) is 0 Å². The molecule has 0 saturated heterocycles. The van der Waals surface area contributed by atoms with Crippen LogP contribution in [0, 0.1) is 11.6 Å². The molecule has 0 saturated carbocycles. The Labute approximate surface area is 105 Å². The molecule has 6 heteroatoms. The molecule has 0 aliphatic rings. The fourth-order valence-corrected chi connectivity index (χ4v) is 1.93. The van der Waals surface area contributed by atoms with Crippen LogP contribution in [0.5, 0.6) is 0 Å². The van der Waals surface area contributed by atoms with Crippen molar-refractivity contribution < 1.29 is 18.7 Å². The quantitative estimate of drug-likeness (QED) is 0.928. The minimum Gasteiger partial charge on any atom is -0.476 e. The third kappa shape index (κ3) is 2.78. The van der Waals surface area contributed by atoms with Crippen LogP contribution in [0.4, 0.5) is 8.78 Å². The molecule has 0 bridgehead atoms. The number of carboxylic acid groups (broad SMARTS) is 1. The van der Waals surface area contributed by atoms with E-state index in [-0.39, 0.29) is 5.69 Å². The number of benzene rings is 1. The zero-order valence-corrected chi connectivity index (χ0v) is 9.75. The van der Waals surface area contributed by atoms with E-state index in [1.54, 1.807) is 6.08 Å². The Bertz CT molecular complexity index is 622. The van der Waals surface area contributed by atoms with Gasteiger partial charge in [-0.1, -0.05) is 12.1 Å². The van der Waals surface area contributed by atoms with Gasteiger partial charge in [-0.25, -0.2) is 18.6 Å². The van der Waals surface area contributed by atoms with Crippen LogP contribution in [0.1, 0.15) is 21.1 Å². The molecule has 1 heterocycles. The van der Waals surface area contributed by atoms with Crippen molar-refractivity contribution in [3.63, 3.8) is 0 Å². The van der Waals surface area contributed by atoms with Gasteiger partial charge >= 0.3 is 5.97 Å². The summed E-state index contributed by atoms with van der Waals surface area (Å²) in [4.78, 5) is 14.4. The zero-order chi connectivity index (χ0) is 13.1. The lowest BCUT2D eigenvalue weighted by atomic mass is 10.2. The second-order valence-electron chi connectivity index (χ2n) is 3.38. The fraction of sp³-hybridized carbons (Fsp3) is 0. The summed E-state index contributed by atoms with van der Waals surface area (Å²) < 4.78 is 25.6. The summed E-state index contributed by atoms with van der Waals surface area (Å²) in [5.41, 5.74) is 0.436. The highest BCUT2D eigenvalue weighted by Gasteiger charge is 2.06. The Morgan fingerprint density at radius 2 is 2.06 bits per heavy atom. The summed E-state index contributed by atoms with van der Waals surface area (Å²) in [7, 11) is 0. The average molecular weight is 267 g/mol. The summed E-state index contributed by atoms with van der Waals surface area (Å²) in [5, 5.41) is 10.6. The first kappa shape index (κ1) is 12.4. The maximum atomic E-state index is 12.9. The first-order chi connectivity index (χ1) is 8.56. The number of carboxylic acids is 1. The number of hydrogen-bond donors (Lipinski definition) is 1. The number of thiazole rings is 1. The Morgan fingerprint density at radius 1 is 1.28 bits per heavy atom. The molecule has 0 aliphatic heterocycles. The Kier molecular flexibility index (Phi) is 3.47. The molecule has 2 aromatic rings. The van der Waals surface area contributed by atoms with E-state index < -0.39 is 17.6 Å². The predicted molar refractivity (Wildman–Crippen MR) is 64.4 cm³/mol. The first-order valence-electron chi connectivity index (χ1n) is 4.88. The summed E-state index contributed by atoms with van der Waals surface area (Å²) in [5.74, 6) is -2.93. The van der Waals surface area contributed by atoms with Gasteiger partial charge in [-0.3, -0.25) is 0 Å².